The molecule has 5 aromatic rings. The van der Waals surface area contributed by atoms with Crippen LogP contribution in [0.5, 0.6) is 0 Å². The molecule has 5 rings (SSSR count). The van der Waals surface area contributed by atoms with Gasteiger partial charge in [-0.1, -0.05) is 23.4 Å². The van der Waals surface area contributed by atoms with E-state index in [1.54, 1.807) is 17.1 Å². The van der Waals surface area contributed by atoms with Crippen molar-refractivity contribution in [3.05, 3.63) is 73.2 Å². The molecule has 0 bridgehead atoms. The second kappa shape index (κ2) is 5.66. The first-order valence-electron chi connectivity index (χ1n) is 8.24. The topological polar surface area (TPSA) is 66.3 Å². The fraction of sp³-hybridized carbons (Fsp3) is 0.0526. The lowest BCUT2D eigenvalue weighted by Gasteiger charge is -2.10. The third-order valence-corrected chi connectivity index (χ3v) is 4.39. The molecule has 0 N–H and O–H groups in total. The first-order chi connectivity index (χ1) is 12.8. The van der Waals surface area contributed by atoms with E-state index in [0.29, 0.717) is 0 Å². The van der Waals surface area contributed by atoms with E-state index < -0.39 is 0 Å². The molecule has 126 valence electrons. The van der Waals surface area contributed by atoms with Crippen molar-refractivity contribution in [2.24, 2.45) is 7.05 Å². The van der Waals surface area contributed by atoms with Crippen LogP contribution in [0.1, 0.15) is 0 Å². The third-order valence-electron chi connectivity index (χ3n) is 4.39. The molecule has 2 aromatic carbocycles. The van der Waals surface area contributed by atoms with Crippen molar-refractivity contribution in [2.45, 2.75) is 0 Å². The summed E-state index contributed by atoms with van der Waals surface area (Å²) in [4.78, 5) is 4.57. The fourth-order valence-corrected chi connectivity index (χ4v) is 3.13. The average molecular weight is 341 g/mol. The first kappa shape index (κ1) is 14.6. The molecule has 3 heterocycles. The lowest BCUT2D eigenvalue weighted by molar-refractivity contribution is 0.736. The minimum atomic E-state index is 0.814. The Balaban J connectivity index is 1.65. The Morgan fingerprint density at radius 2 is 1.77 bits per heavy atom. The summed E-state index contributed by atoms with van der Waals surface area (Å²) < 4.78 is 5.68. The zero-order valence-corrected chi connectivity index (χ0v) is 14.1. The molecule has 26 heavy (non-hydrogen) atoms. The summed E-state index contributed by atoms with van der Waals surface area (Å²) >= 11 is 0. The van der Waals surface area contributed by atoms with E-state index in [1.165, 1.54) is 0 Å². The summed E-state index contributed by atoms with van der Waals surface area (Å²) in [6.45, 7) is 0. The number of imidazole rings is 1. The Bertz CT molecular complexity index is 1200. The van der Waals surface area contributed by atoms with E-state index in [4.69, 9.17) is 0 Å². The van der Waals surface area contributed by atoms with Crippen molar-refractivity contribution in [1.82, 2.24) is 34.3 Å². The number of aryl methyl sites for hydroxylation is 1. The second-order valence-corrected chi connectivity index (χ2v) is 5.97. The van der Waals surface area contributed by atoms with Crippen LogP contribution in [-0.2, 0) is 7.05 Å². The average Bonchev–Trinajstić information content (AvgIpc) is 3.41. The van der Waals surface area contributed by atoms with E-state index in [1.807, 2.05) is 77.1 Å². The molecule has 0 amide bonds. The number of hydrogen-bond acceptors (Lipinski definition) is 4. The Hall–Kier alpha value is -3.74. The highest BCUT2D eigenvalue weighted by atomic mass is 15.4. The zero-order chi connectivity index (χ0) is 17.5. The highest BCUT2D eigenvalue weighted by Gasteiger charge is 2.14. The maximum Gasteiger partial charge on any atom is 0.163 e. The molecular formula is C19H15N7. The molecule has 3 aromatic heterocycles. The SMILES string of the molecule is Cn1nnc2cc(-n3ccnc3-c3ccnn3-c3ccccc3)ccc21. The quantitative estimate of drug-likeness (QED) is 0.506. The van der Waals surface area contributed by atoms with Gasteiger partial charge in [0.15, 0.2) is 5.82 Å². The summed E-state index contributed by atoms with van der Waals surface area (Å²) in [6, 6.07) is 18.1. The first-order valence-corrected chi connectivity index (χ1v) is 8.24. The molecule has 0 spiro atoms. The highest BCUT2D eigenvalue weighted by molar-refractivity contribution is 5.77. The van der Waals surface area contributed by atoms with Crippen LogP contribution in [0.15, 0.2) is 73.2 Å². The van der Waals surface area contributed by atoms with Gasteiger partial charge >= 0.3 is 0 Å². The van der Waals surface area contributed by atoms with Crippen LogP contribution < -0.4 is 0 Å². The number of nitrogens with zero attached hydrogens (tertiary/aromatic N) is 7. The summed E-state index contributed by atoms with van der Waals surface area (Å²) in [5, 5.41) is 12.7. The van der Waals surface area contributed by atoms with Gasteiger partial charge in [-0.3, -0.25) is 4.57 Å². The van der Waals surface area contributed by atoms with Gasteiger partial charge < -0.3 is 0 Å². The molecule has 0 fully saturated rings. The molecule has 0 saturated heterocycles. The van der Waals surface area contributed by atoms with Crippen molar-refractivity contribution >= 4 is 11.0 Å². The maximum absolute atomic E-state index is 4.57. The van der Waals surface area contributed by atoms with Crippen molar-refractivity contribution < 1.29 is 0 Å². The molecule has 0 radical (unpaired) electrons. The van der Waals surface area contributed by atoms with E-state index in [2.05, 4.69) is 20.4 Å². The summed E-state index contributed by atoms with van der Waals surface area (Å²) in [6.07, 6.45) is 5.51. The largest absolute Gasteiger partial charge is 0.298 e. The number of rotatable bonds is 3. The number of fused-ring (bicyclic) bond motifs is 1. The maximum atomic E-state index is 4.57. The highest BCUT2D eigenvalue weighted by Crippen LogP contribution is 2.25. The molecule has 0 saturated carbocycles. The molecule has 0 unspecified atom stereocenters. The van der Waals surface area contributed by atoms with Crippen LogP contribution in [0, 0.1) is 0 Å². The molecule has 0 aliphatic heterocycles. The minimum Gasteiger partial charge on any atom is -0.298 e. The summed E-state index contributed by atoms with van der Waals surface area (Å²) in [7, 11) is 1.88. The van der Waals surface area contributed by atoms with Crippen molar-refractivity contribution in [2.75, 3.05) is 0 Å². The molecule has 0 atom stereocenters. The lowest BCUT2D eigenvalue weighted by Crippen LogP contribution is -2.03. The summed E-state index contributed by atoms with van der Waals surface area (Å²) in [5.41, 5.74) is 4.73. The Kier molecular flexibility index (Phi) is 3.18. The van der Waals surface area contributed by atoms with Gasteiger partial charge in [-0.05, 0) is 36.4 Å². The number of aromatic nitrogens is 7. The lowest BCUT2D eigenvalue weighted by atomic mass is 10.2. The molecule has 7 nitrogen and oxygen atoms in total. The zero-order valence-electron chi connectivity index (χ0n) is 14.1. The van der Waals surface area contributed by atoms with Crippen LogP contribution in [0.3, 0.4) is 0 Å². The number of benzene rings is 2. The predicted octanol–water partition coefficient (Wildman–Crippen LogP) is 3.01. The van der Waals surface area contributed by atoms with Gasteiger partial charge in [0.05, 0.1) is 17.4 Å². The van der Waals surface area contributed by atoms with Gasteiger partial charge in [0.2, 0.25) is 0 Å². The Morgan fingerprint density at radius 1 is 0.885 bits per heavy atom. The Morgan fingerprint density at radius 3 is 2.65 bits per heavy atom. The normalized spacial score (nSPS) is 11.3. The monoisotopic (exact) mass is 341 g/mol. The Labute approximate surface area is 149 Å². The smallest absolute Gasteiger partial charge is 0.163 e. The van der Waals surface area contributed by atoms with Crippen LogP contribution in [0.25, 0.3) is 33.9 Å². The molecule has 0 aliphatic rings. The number of para-hydroxylation sites is 1. The van der Waals surface area contributed by atoms with Crippen molar-refractivity contribution in [3.8, 4) is 22.9 Å². The number of hydrogen-bond donors (Lipinski definition) is 0. The van der Waals surface area contributed by atoms with E-state index in [-0.39, 0.29) is 0 Å². The van der Waals surface area contributed by atoms with Gasteiger partial charge in [-0.2, -0.15) is 5.10 Å². The van der Waals surface area contributed by atoms with Crippen LogP contribution in [0.4, 0.5) is 0 Å². The van der Waals surface area contributed by atoms with Crippen molar-refractivity contribution in [1.29, 1.82) is 0 Å². The van der Waals surface area contributed by atoms with Gasteiger partial charge in [-0.25, -0.2) is 14.3 Å². The van der Waals surface area contributed by atoms with Gasteiger partial charge in [0.1, 0.15) is 11.2 Å². The van der Waals surface area contributed by atoms with Gasteiger partial charge in [0.25, 0.3) is 0 Å². The third kappa shape index (κ3) is 2.21. The standard InChI is InChI=1S/C19H15N7/c1-24-17-8-7-15(13-16(17)22-23-24)25-12-11-20-19(25)18-9-10-21-26(18)14-5-3-2-4-6-14/h2-13H,1H3. The van der Waals surface area contributed by atoms with Crippen LogP contribution in [-0.4, -0.2) is 34.3 Å². The summed E-state index contributed by atoms with van der Waals surface area (Å²) in [5.74, 6) is 0.814. The second-order valence-electron chi connectivity index (χ2n) is 5.97. The minimum absolute atomic E-state index is 0.814. The van der Waals surface area contributed by atoms with E-state index in [0.717, 1.165) is 33.9 Å². The van der Waals surface area contributed by atoms with Crippen LogP contribution >= 0.6 is 0 Å². The fourth-order valence-electron chi connectivity index (χ4n) is 3.13. The van der Waals surface area contributed by atoms with Gasteiger partial charge in [0, 0.05) is 25.1 Å². The molecular weight excluding hydrogens is 326 g/mol. The molecule has 0 aliphatic carbocycles. The van der Waals surface area contributed by atoms with Crippen LogP contribution in [0.2, 0.25) is 0 Å². The van der Waals surface area contributed by atoms with E-state index >= 15 is 0 Å². The van der Waals surface area contributed by atoms with Crippen molar-refractivity contribution in [3.63, 3.8) is 0 Å². The molecule has 7 heteroatoms. The van der Waals surface area contributed by atoms with E-state index in [9.17, 15) is 0 Å². The van der Waals surface area contributed by atoms with Gasteiger partial charge in [-0.15, -0.1) is 5.10 Å². The predicted molar refractivity (Wildman–Crippen MR) is 98.2 cm³/mol.